The Morgan fingerprint density at radius 2 is 2.16 bits per heavy atom. The highest BCUT2D eigenvalue weighted by Gasteiger charge is 2.12. The van der Waals surface area contributed by atoms with Crippen molar-refractivity contribution in [3.05, 3.63) is 29.6 Å². The van der Waals surface area contributed by atoms with E-state index in [1.54, 1.807) is 19.1 Å². The van der Waals surface area contributed by atoms with Crippen molar-refractivity contribution in [1.82, 2.24) is 15.6 Å². The molecule has 3 N–H and O–H groups in total. The number of pyridine rings is 1. The van der Waals surface area contributed by atoms with Gasteiger partial charge in [0.25, 0.3) is 0 Å². The van der Waals surface area contributed by atoms with E-state index in [1.165, 1.54) is 6.07 Å². The van der Waals surface area contributed by atoms with E-state index < -0.39 is 5.97 Å². The molecule has 0 saturated heterocycles. The van der Waals surface area contributed by atoms with Gasteiger partial charge >= 0.3 is 5.97 Å². The van der Waals surface area contributed by atoms with Crippen molar-refractivity contribution in [3.63, 3.8) is 0 Å². The number of hydrogen-bond acceptors (Lipinski definition) is 4. The lowest BCUT2D eigenvalue weighted by Crippen LogP contribution is -2.42. The Labute approximate surface area is 112 Å². The molecule has 19 heavy (non-hydrogen) atoms. The van der Waals surface area contributed by atoms with Crippen LogP contribution in [0.1, 0.15) is 36.5 Å². The van der Waals surface area contributed by atoms with Crippen molar-refractivity contribution in [2.45, 2.75) is 32.9 Å². The quantitative estimate of drug-likeness (QED) is 0.678. The summed E-state index contributed by atoms with van der Waals surface area (Å²) in [6.45, 7) is 4.74. The second-order valence-corrected chi connectivity index (χ2v) is 4.21. The molecule has 6 nitrogen and oxygen atoms in total. The number of carbonyl (C=O) groups is 2. The highest BCUT2D eigenvalue weighted by atomic mass is 16.4. The molecule has 0 spiro atoms. The summed E-state index contributed by atoms with van der Waals surface area (Å²) in [5.74, 6) is -1.13. The van der Waals surface area contributed by atoms with Crippen LogP contribution in [-0.2, 0) is 11.3 Å². The van der Waals surface area contributed by atoms with Gasteiger partial charge in [0.2, 0.25) is 5.91 Å². The highest BCUT2D eigenvalue weighted by Crippen LogP contribution is 2.00. The third-order valence-corrected chi connectivity index (χ3v) is 2.56. The minimum absolute atomic E-state index is 0.00221. The SMILES string of the molecule is CCCNC(=O)C(C)NCc1cccc(C(=O)O)n1. The molecule has 0 bridgehead atoms. The minimum Gasteiger partial charge on any atom is -0.477 e. The molecule has 1 rings (SSSR count). The van der Waals surface area contributed by atoms with Crippen LogP contribution in [-0.4, -0.2) is 34.6 Å². The molecule has 0 radical (unpaired) electrons. The average Bonchev–Trinajstić information content (AvgIpc) is 2.42. The van der Waals surface area contributed by atoms with Crippen molar-refractivity contribution in [2.24, 2.45) is 0 Å². The molecule has 1 atom stereocenters. The maximum Gasteiger partial charge on any atom is 0.354 e. The molecule has 104 valence electrons. The van der Waals surface area contributed by atoms with E-state index in [0.717, 1.165) is 6.42 Å². The van der Waals surface area contributed by atoms with Gasteiger partial charge in [-0.25, -0.2) is 9.78 Å². The molecular formula is C13H19N3O3. The number of hydrogen-bond donors (Lipinski definition) is 3. The van der Waals surface area contributed by atoms with E-state index >= 15 is 0 Å². The molecule has 1 unspecified atom stereocenters. The van der Waals surface area contributed by atoms with Gasteiger partial charge in [0.1, 0.15) is 5.69 Å². The number of carbonyl (C=O) groups excluding carboxylic acids is 1. The van der Waals surface area contributed by atoms with Gasteiger partial charge in [0.15, 0.2) is 0 Å². The summed E-state index contributed by atoms with van der Waals surface area (Å²) in [6, 6.07) is 4.44. The van der Waals surface area contributed by atoms with Crippen LogP contribution in [0.4, 0.5) is 0 Å². The summed E-state index contributed by atoms with van der Waals surface area (Å²) in [6.07, 6.45) is 0.890. The molecular weight excluding hydrogens is 246 g/mol. The van der Waals surface area contributed by atoms with Gasteiger partial charge in [-0.15, -0.1) is 0 Å². The lowest BCUT2D eigenvalue weighted by atomic mass is 10.2. The lowest BCUT2D eigenvalue weighted by Gasteiger charge is -2.13. The second-order valence-electron chi connectivity index (χ2n) is 4.21. The molecule has 1 aromatic rings. The fourth-order valence-electron chi connectivity index (χ4n) is 1.45. The van der Waals surface area contributed by atoms with Gasteiger partial charge in [-0.05, 0) is 25.5 Å². The maximum absolute atomic E-state index is 11.6. The molecule has 1 heterocycles. The van der Waals surface area contributed by atoms with Gasteiger partial charge in [-0.1, -0.05) is 13.0 Å². The van der Waals surface area contributed by atoms with Gasteiger partial charge in [-0.2, -0.15) is 0 Å². The van der Waals surface area contributed by atoms with Crippen LogP contribution < -0.4 is 10.6 Å². The Morgan fingerprint density at radius 1 is 1.42 bits per heavy atom. The van der Waals surface area contributed by atoms with Crippen LogP contribution in [0.25, 0.3) is 0 Å². The van der Waals surface area contributed by atoms with E-state index in [9.17, 15) is 9.59 Å². The first-order chi connectivity index (χ1) is 9.04. The van der Waals surface area contributed by atoms with E-state index in [4.69, 9.17) is 5.11 Å². The fraction of sp³-hybridized carbons (Fsp3) is 0.462. The molecule has 1 aromatic heterocycles. The molecule has 1 amide bonds. The largest absolute Gasteiger partial charge is 0.477 e. The van der Waals surface area contributed by atoms with Gasteiger partial charge in [0.05, 0.1) is 11.7 Å². The topological polar surface area (TPSA) is 91.3 Å². The molecule has 0 aliphatic heterocycles. The molecule has 0 saturated carbocycles. The number of carboxylic acids is 1. The summed E-state index contributed by atoms with van der Waals surface area (Å²) in [4.78, 5) is 26.4. The van der Waals surface area contributed by atoms with E-state index in [0.29, 0.717) is 18.8 Å². The number of aromatic carboxylic acids is 1. The Bertz CT molecular complexity index is 449. The van der Waals surface area contributed by atoms with Crippen LogP contribution in [0.2, 0.25) is 0 Å². The van der Waals surface area contributed by atoms with Crippen molar-refractivity contribution >= 4 is 11.9 Å². The van der Waals surface area contributed by atoms with Crippen LogP contribution in [0.5, 0.6) is 0 Å². The van der Waals surface area contributed by atoms with Crippen molar-refractivity contribution in [1.29, 1.82) is 0 Å². The smallest absolute Gasteiger partial charge is 0.354 e. The molecule has 0 aliphatic carbocycles. The molecule has 6 heteroatoms. The summed E-state index contributed by atoms with van der Waals surface area (Å²) in [5, 5.41) is 14.6. The molecule has 0 aromatic carbocycles. The number of nitrogens with zero attached hydrogens (tertiary/aromatic N) is 1. The number of carboxylic acid groups (broad SMARTS) is 1. The first-order valence-corrected chi connectivity index (χ1v) is 6.25. The maximum atomic E-state index is 11.6. The normalized spacial score (nSPS) is 11.9. The van der Waals surface area contributed by atoms with Gasteiger partial charge in [0, 0.05) is 13.1 Å². The first-order valence-electron chi connectivity index (χ1n) is 6.25. The van der Waals surface area contributed by atoms with Gasteiger partial charge < -0.3 is 15.7 Å². The predicted octanol–water partition coefficient (Wildman–Crippen LogP) is 0.784. The van der Waals surface area contributed by atoms with Gasteiger partial charge in [-0.3, -0.25) is 4.79 Å². The summed E-state index contributed by atoms with van der Waals surface area (Å²) in [5.41, 5.74) is 0.595. The van der Waals surface area contributed by atoms with E-state index in [-0.39, 0.29) is 17.6 Å². The van der Waals surface area contributed by atoms with Crippen molar-refractivity contribution in [3.8, 4) is 0 Å². The third-order valence-electron chi connectivity index (χ3n) is 2.56. The summed E-state index contributed by atoms with van der Waals surface area (Å²) in [7, 11) is 0. The van der Waals surface area contributed by atoms with Crippen molar-refractivity contribution < 1.29 is 14.7 Å². The van der Waals surface area contributed by atoms with E-state index in [2.05, 4.69) is 15.6 Å². The average molecular weight is 265 g/mol. The first kappa shape index (κ1) is 15.1. The highest BCUT2D eigenvalue weighted by molar-refractivity contribution is 5.85. The zero-order valence-electron chi connectivity index (χ0n) is 11.1. The van der Waals surface area contributed by atoms with E-state index in [1.807, 2.05) is 6.92 Å². The summed E-state index contributed by atoms with van der Waals surface area (Å²) < 4.78 is 0. The zero-order chi connectivity index (χ0) is 14.3. The van der Waals surface area contributed by atoms with Crippen LogP contribution >= 0.6 is 0 Å². The number of nitrogens with one attached hydrogen (secondary N) is 2. The Balaban J connectivity index is 2.50. The monoisotopic (exact) mass is 265 g/mol. The van der Waals surface area contributed by atoms with Crippen LogP contribution in [0.3, 0.4) is 0 Å². The second kappa shape index (κ2) is 7.48. The minimum atomic E-state index is -1.06. The Morgan fingerprint density at radius 3 is 2.79 bits per heavy atom. The van der Waals surface area contributed by atoms with Crippen LogP contribution in [0, 0.1) is 0 Å². The molecule has 0 aliphatic rings. The standard InChI is InChI=1S/C13H19N3O3/c1-3-7-14-12(17)9(2)15-8-10-5-4-6-11(16-10)13(18)19/h4-6,9,15H,3,7-8H2,1-2H3,(H,14,17)(H,18,19). The number of amides is 1. The predicted molar refractivity (Wildman–Crippen MR) is 70.8 cm³/mol. The Hall–Kier alpha value is -1.95. The number of aromatic nitrogens is 1. The third kappa shape index (κ3) is 5.05. The summed E-state index contributed by atoms with van der Waals surface area (Å²) >= 11 is 0. The Kier molecular flexibility index (Phi) is 5.95. The lowest BCUT2D eigenvalue weighted by molar-refractivity contribution is -0.122. The fourth-order valence-corrected chi connectivity index (χ4v) is 1.45. The van der Waals surface area contributed by atoms with Crippen molar-refractivity contribution in [2.75, 3.05) is 6.54 Å². The number of rotatable bonds is 7. The molecule has 0 fully saturated rings. The van der Waals surface area contributed by atoms with Crippen LogP contribution in [0.15, 0.2) is 18.2 Å². The zero-order valence-corrected chi connectivity index (χ0v) is 11.1.